The molecule has 1 aromatic carbocycles. The minimum atomic E-state index is -1.63. The molecule has 1 unspecified atom stereocenters. The Labute approximate surface area is 186 Å². The van der Waals surface area contributed by atoms with Crippen LogP contribution in [0.15, 0.2) is 24.3 Å². The van der Waals surface area contributed by atoms with E-state index in [1.165, 1.54) is 7.11 Å². The van der Waals surface area contributed by atoms with E-state index in [0.717, 1.165) is 22.6 Å². The third kappa shape index (κ3) is 4.72. The predicted octanol–water partition coefficient (Wildman–Crippen LogP) is -0.220. The number of nitrogens with zero attached hydrogens (tertiary/aromatic N) is 2. The minimum Gasteiger partial charge on any atom is -0.497 e. The molecule has 32 heavy (non-hydrogen) atoms. The van der Waals surface area contributed by atoms with Gasteiger partial charge in [-0.25, -0.2) is 0 Å². The number of unbranched alkanes of at least 4 members (excludes halogenated alkanes) is 2. The van der Waals surface area contributed by atoms with Gasteiger partial charge in [0.05, 0.1) is 13.2 Å². The zero-order valence-corrected chi connectivity index (χ0v) is 18.2. The number of rotatable bonds is 9. The standard InChI is InChI=1S/C22H30N2O8/c1-3-4-5-6-16(25)32-12-15-17(26)18(27)19(28)20-23(21(29)22(30)24(15)20)11-13-7-9-14(31-2)10-8-13/h7-10,15,17-20,26-28H,3-6,11-12H2,1-2H3/t15-,17-,18+,19+,20?/m1/s1. The zero-order valence-electron chi connectivity index (χ0n) is 18.2. The fourth-order valence-corrected chi connectivity index (χ4v) is 4.13. The van der Waals surface area contributed by atoms with Crippen LogP contribution in [0.3, 0.4) is 0 Å². The highest BCUT2D eigenvalue weighted by Gasteiger charge is 2.59. The summed E-state index contributed by atoms with van der Waals surface area (Å²) < 4.78 is 10.3. The van der Waals surface area contributed by atoms with Crippen molar-refractivity contribution in [2.45, 2.75) is 69.7 Å². The van der Waals surface area contributed by atoms with Gasteiger partial charge in [-0.05, 0) is 24.1 Å². The Hall–Kier alpha value is -2.69. The summed E-state index contributed by atoms with van der Waals surface area (Å²) in [7, 11) is 1.53. The number of esters is 1. The molecule has 0 radical (unpaired) electrons. The van der Waals surface area contributed by atoms with Crippen LogP contribution in [-0.4, -0.2) is 87.1 Å². The molecule has 0 spiro atoms. The topological polar surface area (TPSA) is 137 Å². The maximum Gasteiger partial charge on any atom is 0.314 e. The van der Waals surface area contributed by atoms with Gasteiger partial charge in [-0.1, -0.05) is 31.9 Å². The predicted molar refractivity (Wildman–Crippen MR) is 111 cm³/mol. The van der Waals surface area contributed by atoms with Crippen LogP contribution in [0.4, 0.5) is 0 Å². The molecule has 0 bridgehead atoms. The van der Waals surface area contributed by atoms with Crippen molar-refractivity contribution in [2.24, 2.45) is 0 Å². The van der Waals surface area contributed by atoms with Crippen molar-refractivity contribution in [3.63, 3.8) is 0 Å². The molecule has 10 nitrogen and oxygen atoms in total. The van der Waals surface area contributed by atoms with E-state index >= 15 is 0 Å². The molecule has 2 saturated heterocycles. The van der Waals surface area contributed by atoms with Gasteiger partial charge >= 0.3 is 17.8 Å². The average molecular weight is 450 g/mol. The van der Waals surface area contributed by atoms with Crippen molar-refractivity contribution in [3.05, 3.63) is 29.8 Å². The van der Waals surface area contributed by atoms with E-state index in [1.807, 2.05) is 6.92 Å². The van der Waals surface area contributed by atoms with Gasteiger partial charge in [-0.2, -0.15) is 0 Å². The first-order chi connectivity index (χ1) is 15.3. The lowest BCUT2D eigenvalue weighted by molar-refractivity contribution is -0.192. The monoisotopic (exact) mass is 450 g/mol. The Morgan fingerprint density at radius 2 is 1.69 bits per heavy atom. The van der Waals surface area contributed by atoms with Gasteiger partial charge in [0, 0.05) is 13.0 Å². The lowest BCUT2D eigenvalue weighted by Gasteiger charge is -2.46. The molecule has 5 atom stereocenters. The molecule has 0 saturated carbocycles. The molecule has 10 heteroatoms. The molecule has 2 heterocycles. The van der Waals surface area contributed by atoms with Gasteiger partial charge in [-0.15, -0.1) is 0 Å². The maximum absolute atomic E-state index is 12.8. The van der Waals surface area contributed by atoms with Gasteiger partial charge in [-0.3, -0.25) is 14.4 Å². The van der Waals surface area contributed by atoms with Gasteiger partial charge in [0.15, 0.2) is 0 Å². The number of methoxy groups -OCH3 is 1. The third-order valence-electron chi connectivity index (χ3n) is 5.95. The molecule has 176 valence electrons. The summed E-state index contributed by atoms with van der Waals surface area (Å²) in [5.41, 5.74) is 0.681. The minimum absolute atomic E-state index is 0.000858. The number of piperidine rings is 1. The Kier molecular flexibility index (Phi) is 7.70. The van der Waals surface area contributed by atoms with Crippen LogP contribution in [0.25, 0.3) is 0 Å². The number of ether oxygens (including phenoxy) is 2. The van der Waals surface area contributed by atoms with Crippen LogP contribution >= 0.6 is 0 Å². The highest BCUT2D eigenvalue weighted by Crippen LogP contribution is 2.33. The second-order valence-electron chi connectivity index (χ2n) is 8.09. The maximum atomic E-state index is 12.8. The van der Waals surface area contributed by atoms with Crippen molar-refractivity contribution in [2.75, 3.05) is 13.7 Å². The number of carbonyl (C=O) groups excluding carboxylic acids is 3. The van der Waals surface area contributed by atoms with Gasteiger partial charge < -0.3 is 34.6 Å². The number of benzene rings is 1. The smallest absolute Gasteiger partial charge is 0.314 e. The Morgan fingerprint density at radius 1 is 1.00 bits per heavy atom. The lowest BCUT2D eigenvalue weighted by Crippen LogP contribution is -2.68. The van der Waals surface area contributed by atoms with Crippen molar-refractivity contribution >= 4 is 17.8 Å². The summed E-state index contributed by atoms with van der Waals surface area (Å²) in [4.78, 5) is 39.7. The number of fused-ring (bicyclic) bond motifs is 1. The van der Waals surface area contributed by atoms with Gasteiger partial charge in [0.1, 0.15) is 36.8 Å². The van der Waals surface area contributed by atoms with Crippen LogP contribution in [0.2, 0.25) is 0 Å². The molecule has 2 amide bonds. The highest BCUT2D eigenvalue weighted by molar-refractivity contribution is 6.37. The van der Waals surface area contributed by atoms with E-state index in [2.05, 4.69) is 0 Å². The Balaban J connectivity index is 1.78. The zero-order chi connectivity index (χ0) is 23.4. The fourth-order valence-electron chi connectivity index (χ4n) is 4.13. The SMILES string of the molecule is CCCCCC(=O)OC[C@@H]1[C@@H](O)[C@H](O)[C@H](O)C2N(Cc3ccc(OC)cc3)C(=O)C(=O)N21. The van der Waals surface area contributed by atoms with Crippen molar-refractivity contribution in [1.82, 2.24) is 9.80 Å². The first-order valence-electron chi connectivity index (χ1n) is 10.8. The largest absolute Gasteiger partial charge is 0.497 e. The second-order valence-corrected chi connectivity index (χ2v) is 8.09. The number of aliphatic hydroxyl groups is 3. The molecule has 3 N–H and O–H groups in total. The average Bonchev–Trinajstić information content (AvgIpc) is 3.03. The normalized spacial score (nSPS) is 27.5. The van der Waals surface area contributed by atoms with E-state index < -0.39 is 48.3 Å². The number of aliphatic hydroxyl groups excluding tert-OH is 3. The summed E-state index contributed by atoms with van der Waals surface area (Å²) >= 11 is 0. The van der Waals surface area contributed by atoms with Crippen molar-refractivity contribution in [1.29, 1.82) is 0 Å². The number of hydrogen-bond acceptors (Lipinski definition) is 8. The molecular formula is C22H30N2O8. The second kappa shape index (κ2) is 10.3. The molecule has 0 aliphatic carbocycles. The summed E-state index contributed by atoms with van der Waals surface area (Å²) in [6, 6.07) is 5.67. The van der Waals surface area contributed by atoms with Crippen LogP contribution in [-0.2, 0) is 25.7 Å². The van der Waals surface area contributed by atoms with Crippen molar-refractivity contribution in [3.8, 4) is 5.75 Å². The number of carbonyl (C=O) groups is 3. The molecule has 2 fully saturated rings. The molecular weight excluding hydrogens is 420 g/mol. The first kappa shape index (κ1) is 24.0. The van der Waals surface area contributed by atoms with Crippen LogP contribution in [0.1, 0.15) is 38.2 Å². The number of amides is 2. The molecule has 1 aromatic rings. The van der Waals surface area contributed by atoms with E-state index in [1.54, 1.807) is 24.3 Å². The quantitative estimate of drug-likeness (QED) is 0.267. The Morgan fingerprint density at radius 3 is 2.31 bits per heavy atom. The molecule has 2 aliphatic rings. The summed E-state index contributed by atoms with van der Waals surface area (Å²) in [5.74, 6) is -1.67. The van der Waals surface area contributed by atoms with E-state index in [0.29, 0.717) is 17.7 Å². The number of hydrogen-bond donors (Lipinski definition) is 3. The van der Waals surface area contributed by atoms with Crippen LogP contribution in [0, 0.1) is 0 Å². The fraction of sp³-hybridized carbons (Fsp3) is 0.591. The molecule has 2 aliphatic heterocycles. The van der Waals surface area contributed by atoms with E-state index in [-0.39, 0.29) is 19.6 Å². The van der Waals surface area contributed by atoms with E-state index in [4.69, 9.17) is 9.47 Å². The molecule has 3 rings (SSSR count). The third-order valence-corrected chi connectivity index (χ3v) is 5.95. The lowest BCUT2D eigenvalue weighted by atomic mass is 9.92. The summed E-state index contributed by atoms with van der Waals surface area (Å²) in [6.45, 7) is 1.62. The van der Waals surface area contributed by atoms with Gasteiger partial charge in [0.2, 0.25) is 0 Å². The van der Waals surface area contributed by atoms with Crippen molar-refractivity contribution < 1.29 is 39.2 Å². The van der Waals surface area contributed by atoms with Gasteiger partial charge in [0.25, 0.3) is 0 Å². The highest BCUT2D eigenvalue weighted by atomic mass is 16.5. The summed E-state index contributed by atoms with van der Waals surface area (Å²) in [5, 5.41) is 31.5. The van der Waals surface area contributed by atoms with E-state index in [9.17, 15) is 29.7 Å². The Bertz CT molecular complexity index is 830. The first-order valence-corrected chi connectivity index (χ1v) is 10.8. The van der Waals surface area contributed by atoms with Crippen LogP contribution in [0.5, 0.6) is 5.75 Å². The summed E-state index contributed by atoms with van der Waals surface area (Å²) in [6.07, 6.45) is -3.33. The molecule has 0 aromatic heterocycles. The van der Waals surface area contributed by atoms with Crippen LogP contribution < -0.4 is 4.74 Å².